The Hall–Kier alpha value is -6.12. The van der Waals surface area contributed by atoms with Crippen LogP contribution in [-0.2, 0) is 48.8 Å². The monoisotopic (exact) mass is 856 g/mol. The van der Waals surface area contributed by atoms with Crippen LogP contribution in [0.5, 0.6) is 0 Å². The number of benzene rings is 2. The summed E-state index contributed by atoms with van der Waals surface area (Å²) in [6.45, 7) is 2.74. The van der Waals surface area contributed by atoms with Crippen molar-refractivity contribution in [3.8, 4) is 11.3 Å². The molecule has 0 radical (unpaired) electrons. The molecule has 2 aliphatic rings. The minimum absolute atomic E-state index is 0.0569. The van der Waals surface area contributed by atoms with Gasteiger partial charge in [0, 0.05) is 43.7 Å². The zero-order chi connectivity index (χ0) is 43.1. The van der Waals surface area contributed by atoms with Crippen LogP contribution in [0.25, 0.3) is 11.3 Å². The molecule has 2 unspecified atom stereocenters. The van der Waals surface area contributed by atoms with Crippen LogP contribution in [0.15, 0.2) is 88.0 Å². The number of hydrogen-bond acceptors (Lipinski definition) is 13. The number of rotatable bonds is 17. The van der Waals surface area contributed by atoms with E-state index in [4.69, 9.17) is 5.73 Å². The number of aromatic nitrogens is 5. The highest BCUT2D eigenvalue weighted by Crippen LogP contribution is 2.44. The predicted octanol–water partition coefficient (Wildman–Crippen LogP) is 2.06. The van der Waals surface area contributed by atoms with E-state index < -0.39 is 58.5 Å². The van der Waals surface area contributed by atoms with E-state index in [9.17, 15) is 38.7 Å². The summed E-state index contributed by atoms with van der Waals surface area (Å²) in [6.07, 6.45) is 1.46. The first-order chi connectivity index (χ1) is 28.8. The molecule has 5 N–H and O–H groups in total. The van der Waals surface area contributed by atoms with Gasteiger partial charge in [0.1, 0.15) is 23.2 Å². The summed E-state index contributed by atoms with van der Waals surface area (Å²) in [4.78, 5) is 98.9. The summed E-state index contributed by atoms with van der Waals surface area (Å²) in [5, 5.41) is 24.0. The minimum Gasteiger partial charge on any atom is -0.477 e. The maximum Gasteiger partial charge on any atom is 0.352 e. The molecule has 2 aliphatic heterocycles. The minimum atomic E-state index is -1.27. The number of amides is 5. The number of anilines is 1. The van der Waals surface area contributed by atoms with Gasteiger partial charge in [-0.3, -0.25) is 33.7 Å². The Kier molecular flexibility index (Phi) is 14.0. The largest absolute Gasteiger partial charge is 0.477 e. The molecule has 314 valence electrons. The number of imide groups is 1. The van der Waals surface area contributed by atoms with E-state index in [1.165, 1.54) is 51.9 Å². The molecule has 0 aliphatic carbocycles. The SMILES string of the molecule is CC(=O)NC(CCCCN)C(=O)N(C(C)=O)c1ccc(-c2ccc(CN(C(=O)Cc3ccccc3)C3C(=O)N4C(C(=O)O)=C(CSc5nnnn5C)CS[C@@H]34)c(=O)[nH]2)cc1. The number of thioether (sulfide) groups is 2. The highest BCUT2D eigenvalue weighted by molar-refractivity contribution is 8.01. The van der Waals surface area contributed by atoms with Gasteiger partial charge < -0.3 is 26.0 Å². The molecule has 2 aromatic heterocycles. The van der Waals surface area contributed by atoms with E-state index in [0.717, 1.165) is 4.90 Å². The molecule has 4 heterocycles. The normalized spacial score (nSPS) is 16.4. The first-order valence-corrected chi connectivity index (χ1v) is 21.0. The van der Waals surface area contributed by atoms with Crippen LogP contribution in [0.1, 0.15) is 44.2 Å². The van der Waals surface area contributed by atoms with Crippen molar-refractivity contribution in [2.45, 2.75) is 68.7 Å². The number of nitrogens with one attached hydrogen (secondary N) is 2. The number of carbonyl (C=O) groups is 6. The number of H-pyrrole nitrogens is 1. The van der Waals surface area contributed by atoms with E-state index in [2.05, 4.69) is 25.8 Å². The number of β-lactam (4-membered cyclic amide) rings is 1. The maximum atomic E-state index is 14.1. The van der Waals surface area contributed by atoms with Crippen LogP contribution >= 0.6 is 23.5 Å². The Morgan fingerprint density at radius 2 is 1.77 bits per heavy atom. The van der Waals surface area contributed by atoms with Crippen molar-refractivity contribution in [2.24, 2.45) is 12.8 Å². The molecule has 6 rings (SSSR count). The van der Waals surface area contributed by atoms with Gasteiger partial charge in [0.2, 0.25) is 22.9 Å². The fourth-order valence-electron chi connectivity index (χ4n) is 7.02. The topological polar surface area (TPSA) is 247 Å². The number of carboxylic acid groups (broad SMARTS) is 1. The smallest absolute Gasteiger partial charge is 0.352 e. The van der Waals surface area contributed by atoms with Crippen molar-refractivity contribution >= 4 is 64.7 Å². The van der Waals surface area contributed by atoms with Crippen molar-refractivity contribution in [1.82, 2.24) is 40.3 Å². The molecule has 1 fully saturated rings. The summed E-state index contributed by atoms with van der Waals surface area (Å²) in [5.74, 6) is -3.29. The number of unbranched alkanes of at least 4 members (excludes halogenated alkanes) is 1. The second kappa shape index (κ2) is 19.3. The lowest BCUT2D eigenvalue weighted by molar-refractivity contribution is -0.160. The van der Waals surface area contributed by atoms with Gasteiger partial charge in [-0.25, -0.2) is 14.4 Å². The molecule has 18 nitrogen and oxygen atoms in total. The highest BCUT2D eigenvalue weighted by atomic mass is 32.2. The number of fused-ring (bicyclic) bond motifs is 1. The number of aryl methyl sites for hydroxylation is 1. The zero-order valence-electron chi connectivity index (χ0n) is 33.1. The van der Waals surface area contributed by atoms with Gasteiger partial charge in [-0.2, -0.15) is 0 Å². The molecular formula is C40H44N10O8S2. The van der Waals surface area contributed by atoms with E-state index in [1.54, 1.807) is 67.7 Å². The molecular weight excluding hydrogens is 813 g/mol. The second-order valence-corrected chi connectivity index (χ2v) is 16.2. The number of aliphatic carboxylic acids is 1. The maximum absolute atomic E-state index is 14.1. The number of carboxylic acids is 1. The summed E-state index contributed by atoms with van der Waals surface area (Å²) < 4.78 is 1.46. The predicted molar refractivity (Wildman–Crippen MR) is 223 cm³/mol. The third-order valence-corrected chi connectivity index (χ3v) is 12.4. The molecule has 20 heteroatoms. The van der Waals surface area contributed by atoms with Crippen LogP contribution < -0.4 is 21.5 Å². The first kappa shape index (κ1) is 43.5. The number of hydrogen-bond donors (Lipinski definition) is 4. The number of pyridine rings is 1. The summed E-state index contributed by atoms with van der Waals surface area (Å²) in [6, 6.07) is 16.6. The van der Waals surface area contributed by atoms with Crippen molar-refractivity contribution in [3.63, 3.8) is 0 Å². The van der Waals surface area contributed by atoms with Gasteiger partial charge >= 0.3 is 5.97 Å². The van der Waals surface area contributed by atoms with E-state index in [0.29, 0.717) is 53.4 Å². The first-order valence-electron chi connectivity index (χ1n) is 19.0. The zero-order valence-corrected chi connectivity index (χ0v) is 34.7. The van der Waals surface area contributed by atoms with Crippen molar-refractivity contribution in [1.29, 1.82) is 0 Å². The van der Waals surface area contributed by atoms with Crippen molar-refractivity contribution < 1.29 is 33.9 Å². The number of nitrogens with zero attached hydrogens (tertiary/aromatic N) is 7. The average Bonchev–Trinajstić information content (AvgIpc) is 3.64. The molecule has 3 atom stereocenters. The fraction of sp³-hybridized carbons (Fsp3) is 0.350. The van der Waals surface area contributed by atoms with E-state index in [-0.39, 0.29) is 41.4 Å². The Bertz CT molecular complexity index is 2370. The number of tetrazole rings is 1. The third-order valence-electron chi connectivity index (χ3n) is 9.96. The van der Waals surface area contributed by atoms with Crippen molar-refractivity contribution in [3.05, 3.63) is 99.5 Å². The third kappa shape index (κ3) is 9.67. The molecule has 1 saturated heterocycles. The molecule has 0 saturated carbocycles. The highest BCUT2D eigenvalue weighted by Gasteiger charge is 2.57. The van der Waals surface area contributed by atoms with Crippen LogP contribution in [0, 0.1) is 0 Å². The van der Waals surface area contributed by atoms with E-state index in [1.807, 2.05) is 6.07 Å². The van der Waals surface area contributed by atoms with Crippen LogP contribution in [-0.4, -0.2) is 111 Å². The Balaban J connectivity index is 1.23. The lowest BCUT2D eigenvalue weighted by Gasteiger charge is -2.53. The van der Waals surface area contributed by atoms with Gasteiger partial charge in [-0.1, -0.05) is 54.2 Å². The molecule has 0 bridgehead atoms. The lowest BCUT2D eigenvalue weighted by atomic mass is 9.99. The van der Waals surface area contributed by atoms with Gasteiger partial charge in [-0.05, 0) is 77.2 Å². The van der Waals surface area contributed by atoms with Crippen molar-refractivity contribution in [2.75, 3.05) is 23.0 Å². The Morgan fingerprint density at radius 1 is 1.03 bits per heavy atom. The van der Waals surface area contributed by atoms with Gasteiger partial charge in [-0.15, -0.1) is 16.9 Å². The summed E-state index contributed by atoms with van der Waals surface area (Å²) in [7, 11) is 1.66. The number of aromatic amines is 1. The summed E-state index contributed by atoms with van der Waals surface area (Å²) in [5.41, 5.74) is 7.58. The lowest BCUT2D eigenvalue weighted by Crippen LogP contribution is -2.71. The standard InChI is InChI=1S/C40H44N10O8S2/c1-23(51)42-31(11-7-8-18-41)36(55)49(24(2)52)29-15-12-26(13-16-29)30-17-14-27(35(54)43-30)20-48(32(53)19-25-9-5-4-6-10-25)34-37(56)50-33(39(57)58)28(21-59-38(34)50)22-60-40-44-45-46-47(40)3/h4-6,9-10,12-17,31,34,38H,7-8,11,18-22,41H2,1-3H3,(H,42,51)(H,43,54)(H,57,58)/t31?,34?,38-/m0/s1. The quantitative estimate of drug-likeness (QED) is 0.0675. The van der Waals surface area contributed by atoms with Gasteiger partial charge in [0.15, 0.2) is 0 Å². The van der Waals surface area contributed by atoms with Gasteiger partial charge in [0.05, 0.1) is 18.7 Å². The summed E-state index contributed by atoms with van der Waals surface area (Å²) >= 11 is 2.58. The fourth-order valence-corrected chi connectivity index (χ4v) is 9.43. The molecule has 60 heavy (non-hydrogen) atoms. The number of nitrogens with two attached hydrogens (primary N) is 1. The molecule has 5 amide bonds. The van der Waals surface area contributed by atoms with Gasteiger partial charge in [0.25, 0.3) is 17.4 Å². The molecule has 2 aromatic carbocycles. The Morgan fingerprint density at radius 3 is 2.38 bits per heavy atom. The Labute approximate surface area is 352 Å². The van der Waals surface area contributed by atoms with E-state index >= 15 is 0 Å². The molecule has 4 aromatic rings. The van der Waals surface area contributed by atoms with Crippen LogP contribution in [0.2, 0.25) is 0 Å². The molecule has 0 spiro atoms. The van der Waals surface area contributed by atoms with Crippen LogP contribution in [0.4, 0.5) is 5.69 Å². The second-order valence-electron chi connectivity index (χ2n) is 14.2. The number of carbonyl (C=O) groups excluding carboxylic acids is 5. The van der Waals surface area contributed by atoms with Crippen LogP contribution in [0.3, 0.4) is 0 Å². The average molecular weight is 857 g/mol.